The maximum atomic E-state index is 11.4. The normalized spacial score (nSPS) is 17.3. The van der Waals surface area contributed by atoms with Gasteiger partial charge in [-0.15, -0.1) is 0 Å². The fraction of sp³-hybridized carbons (Fsp3) is 0.214. The van der Waals surface area contributed by atoms with Crippen LogP contribution in [0.2, 0.25) is 0 Å². The Hall–Kier alpha value is -2.43. The highest BCUT2D eigenvalue weighted by atomic mass is 16.4. The van der Waals surface area contributed by atoms with Crippen LogP contribution in [0.5, 0.6) is 0 Å². The van der Waals surface area contributed by atoms with Crippen molar-refractivity contribution < 1.29 is 9.90 Å². The van der Waals surface area contributed by atoms with Gasteiger partial charge in [-0.3, -0.25) is 0 Å². The van der Waals surface area contributed by atoms with Gasteiger partial charge in [-0.05, 0) is 17.7 Å². The molecule has 0 saturated heterocycles. The zero-order valence-corrected chi connectivity index (χ0v) is 10.2. The number of para-hydroxylation sites is 1. The average Bonchev–Trinajstić information content (AvgIpc) is 2.79. The number of nitrogens with zero attached hydrogens (tertiary/aromatic N) is 3. The molecule has 5 nitrogen and oxygen atoms in total. The van der Waals surface area contributed by atoms with Crippen molar-refractivity contribution in [3.63, 3.8) is 0 Å². The minimum Gasteiger partial charge on any atom is -0.480 e. The molecule has 1 aromatic heterocycles. The van der Waals surface area contributed by atoms with Gasteiger partial charge in [0, 0.05) is 24.5 Å². The van der Waals surface area contributed by atoms with Gasteiger partial charge >= 0.3 is 5.97 Å². The Kier molecular flexibility index (Phi) is 2.87. The highest BCUT2D eigenvalue weighted by Crippen LogP contribution is 2.32. The first-order valence-corrected chi connectivity index (χ1v) is 6.09. The average molecular weight is 255 g/mol. The molecule has 0 fully saturated rings. The maximum Gasteiger partial charge on any atom is 0.326 e. The minimum atomic E-state index is -0.813. The maximum absolute atomic E-state index is 11.4. The van der Waals surface area contributed by atoms with E-state index < -0.39 is 12.0 Å². The Morgan fingerprint density at radius 1 is 1.26 bits per heavy atom. The highest BCUT2D eigenvalue weighted by molar-refractivity contribution is 5.82. The quantitative estimate of drug-likeness (QED) is 0.900. The number of anilines is 1. The number of hydrogen-bond donors (Lipinski definition) is 1. The van der Waals surface area contributed by atoms with Gasteiger partial charge in [0.15, 0.2) is 0 Å². The Bertz CT molecular complexity index is 601. The van der Waals surface area contributed by atoms with Crippen molar-refractivity contribution in [2.24, 2.45) is 0 Å². The largest absolute Gasteiger partial charge is 0.480 e. The van der Waals surface area contributed by atoms with E-state index in [1.54, 1.807) is 18.5 Å². The number of fused-ring (bicyclic) bond motifs is 1. The number of aliphatic carboxylic acids is 1. The molecule has 0 bridgehead atoms. The molecular weight excluding hydrogens is 242 g/mol. The smallest absolute Gasteiger partial charge is 0.326 e. The van der Waals surface area contributed by atoms with Gasteiger partial charge in [-0.1, -0.05) is 18.2 Å². The van der Waals surface area contributed by atoms with Gasteiger partial charge in [0.2, 0.25) is 0 Å². The fourth-order valence-corrected chi connectivity index (χ4v) is 2.43. The summed E-state index contributed by atoms with van der Waals surface area (Å²) < 4.78 is 0. The zero-order valence-electron chi connectivity index (χ0n) is 10.2. The molecule has 0 radical (unpaired) electrons. The third kappa shape index (κ3) is 2.14. The second kappa shape index (κ2) is 4.68. The van der Waals surface area contributed by atoms with Crippen LogP contribution in [-0.4, -0.2) is 27.1 Å². The van der Waals surface area contributed by atoms with Crippen LogP contribution >= 0.6 is 0 Å². The second-order valence-corrected chi connectivity index (χ2v) is 4.48. The van der Waals surface area contributed by atoms with E-state index in [1.165, 1.54) is 0 Å². The summed E-state index contributed by atoms with van der Waals surface area (Å²) in [6.45, 7) is 0.412. The third-order valence-corrected chi connectivity index (χ3v) is 3.31. The van der Waals surface area contributed by atoms with Crippen LogP contribution in [-0.2, 0) is 17.8 Å². The van der Waals surface area contributed by atoms with Crippen molar-refractivity contribution in [2.75, 3.05) is 4.90 Å². The van der Waals surface area contributed by atoms with Crippen LogP contribution in [0.1, 0.15) is 11.4 Å². The molecule has 0 spiro atoms. The van der Waals surface area contributed by atoms with Gasteiger partial charge in [-0.25, -0.2) is 14.8 Å². The van der Waals surface area contributed by atoms with Crippen molar-refractivity contribution >= 4 is 11.7 Å². The summed E-state index contributed by atoms with van der Waals surface area (Å²) in [5.74, 6) is -0.183. The molecule has 1 N–H and O–H groups in total. The molecule has 0 amide bonds. The molecule has 0 saturated carbocycles. The molecule has 1 atom stereocenters. The standard InChI is InChI=1S/C14H13N3O2/c18-14(19)12-8-10-4-1-2-5-11(10)17(12)9-13-15-6-3-7-16-13/h1-7,12H,8-9H2,(H,18,19). The lowest BCUT2D eigenvalue weighted by Gasteiger charge is -2.23. The number of carboxylic acids is 1. The zero-order chi connectivity index (χ0) is 13.2. The van der Waals surface area contributed by atoms with E-state index in [1.807, 2.05) is 29.2 Å². The molecule has 0 aliphatic carbocycles. The number of benzene rings is 1. The molecule has 2 heterocycles. The van der Waals surface area contributed by atoms with Gasteiger partial charge < -0.3 is 10.0 Å². The molecule has 96 valence electrons. The summed E-state index contributed by atoms with van der Waals surface area (Å²) in [6.07, 6.45) is 3.86. The number of carboxylic acid groups (broad SMARTS) is 1. The summed E-state index contributed by atoms with van der Waals surface area (Å²) in [6, 6.07) is 8.97. The van der Waals surface area contributed by atoms with Crippen molar-refractivity contribution in [1.29, 1.82) is 0 Å². The fourth-order valence-electron chi connectivity index (χ4n) is 2.43. The lowest BCUT2D eigenvalue weighted by molar-refractivity contribution is -0.138. The van der Waals surface area contributed by atoms with Crippen molar-refractivity contribution in [1.82, 2.24) is 9.97 Å². The van der Waals surface area contributed by atoms with Crippen LogP contribution in [0.15, 0.2) is 42.7 Å². The first-order chi connectivity index (χ1) is 9.25. The summed E-state index contributed by atoms with van der Waals surface area (Å²) >= 11 is 0. The molecule has 1 unspecified atom stereocenters. The Balaban J connectivity index is 1.94. The highest BCUT2D eigenvalue weighted by Gasteiger charge is 2.34. The minimum absolute atomic E-state index is 0.412. The van der Waals surface area contributed by atoms with E-state index >= 15 is 0 Å². The van der Waals surface area contributed by atoms with Crippen molar-refractivity contribution in [3.8, 4) is 0 Å². The topological polar surface area (TPSA) is 66.3 Å². The molecule has 1 aliphatic rings. The second-order valence-electron chi connectivity index (χ2n) is 4.48. The molecule has 1 aliphatic heterocycles. The van der Waals surface area contributed by atoms with Crippen LogP contribution in [0.4, 0.5) is 5.69 Å². The number of aromatic nitrogens is 2. The summed E-state index contributed by atoms with van der Waals surface area (Å²) in [4.78, 5) is 21.6. The summed E-state index contributed by atoms with van der Waals surface area (Å²) in [5.41, 5.74) is 2.02. The van der Waals surface area contributed by atoms with Crippen LogP contribution in [0.3, 0.4) is 0 Å². The first-order valence-electron chi connectivity index (χ1n) is 6.09. The van der Waals surface area contributed by atoms with Gasteiger partial charge in [0.25, 0.3) is 0 Å². The van der Waals surface area contributed by atoms with Gasteiger partial charge in [-0.2, -0.15) is 0 Å². The lowest BCUT2D eigenvalue weighted by atomic mass is 10.1. The lowest BCUT2D eigenvalue weighted by Crippen LogP contribution is -2.38. The third-order valence-electron chi connectivity index (χ3n) is 3.31. The van der Waals surface area contributed by atoms with E-state index in [4.69, 9.17) is 0 Å². The first kappa shape index (κ1) is 11.6. The van der Waals surface area contributed by atoms with Crippen LogP contribution < -0.4 is 4.90 Å². The monoisotopic (exact) mass is 255 g/mol. The van der Waals surface area contributed by atoms with Crippen LogP contribution in [0.25, 0.3) is 0 Å². The SMILES string of the molecule is O=C(O)C1Cc2ccccc2N1Cc1ncccn1. The van der Waals surface area contributed by atoms with E-state index in [2.05, 4.69) is 9.97 Å². The molecule has 19 heavy (non-hydrogen) atoms. The van der Waals surface area contributed by atoms with Crippen molar-refractivity contribution in [2.45, 2.75) is 19.0 Å². The molecular formula is C14H13N3O2. The molecule has 5 heteroatoms. The summed E-state index contributed by atoms with van der Waals surface area (Å²) in [7, 11) is 0. The van der Waals surface area contributed by atoms with Gasteiger partial charge in [0.05, 0.1) is 6.54 Å². The Labute approximate surface area is 110 Å². The molecule has 3 rings (SSSR count). The van der Waals surface area contributed by atoms with E-state index in [-0.39, 0.29) is 0 Å². The predicted molar refractivity (Wildman–Crippen MR) is 69.8 cm³/mol. The van der Waals surface area contributed by atoms with Crippen LogP contribution in [0, 0.1) is 0 Å². The van der Waals surface area contributed by atoms with Gasteiger partial charge in [0.1, 0.15) is 11.9 Å². The number of carbonyl (C=O) groups is 1. The Morgan fingerprint density at radius 3 is 2.74 bits per heavy atom. The number of rotatable bonds is 3. The molecule has 2 aromatic rings. The predicted octanol–water partition coefficient (Wildman–Crippen LogP) is 1.49. The molecule has 1 aromatic carbocycles. The number of hydrogen-bond acceptors (Lipinski definition) is 4. The van der Waals surface area contributed by atoms with E-state index in [0.29, 0.717) is 18.8 Å². The van der Waals surface area contributed by atoms with Crippen molar-refractivity contribution in [3.05, 3.63) is 54.1 Å². The Morgan fingerprint density at radius 2 is 2.00 bits per heavy atom. The summed E-state index contributed by atoms with van der Waals surface area (Å²) in [5, 5.41) is 9.35. The van der Waals surface area contributed by atoms with E-state index in [9.17, 15) is 9.90 Å². The van der Waals surface area contributed by atoms with E-state index in [0.717, 1.165) is 11.3 Å².